The minimum Gasteiger partial charge on any atom is -0.406 e. The molecule has 2 aliphatic rings. The van der Waals surface area contributed by atoms with Crippen LogP contribution >= 0.6 is 0 Å². The molecule has 1 aliphatic carbocycles. The van der Waals surface area contributed by atoms with Crippen molar-refractivity contribution in [2.45, 2.75) is 37.6 Å². The van der Waals surface area contributed by atoms with E-state index in [0.717, 1.165) is 18.4 Å². The highest BCUT2D eigenvalue weighted by Crippen LogP contribution is 2.45. The van der Waals surface area contributed by atoms with Crippen LogP contribution in [0.15, 0.2) is 22.7 Å². The Balaban J connectivity index is 1.54. The van der Waals surface area contributed by atoms with Gasteiger partial charge in [0.2, 0.25) is 0 Å². The van der Waals surface area contributed by atoms with Crippen molar-refractivity contribution in [1.82, 2.24) is 20.4 Å². The first-order valence-corrected chi connectivity index (χ1v) is 9.01. The van der Waals surface area contributed by atoms with Crippen LogP contribution in [0.3, 0.4) is 0 Å². The number of halogens is 3. The maximum absolute atomic E-state index is 12.6. The molecule has 1 N–H and O–H groups in total. The van der Waals surface area contributed by atoms with Gasteiger partial charge in [0, 0.05) is 24.7 Å². The number of nitriles is 1. The first-order valence-electron chi connectivity index (χ1n) is 9.01. The van der Waals surface area contributed by atoms with Crippen LogP contribution in [-0.4, -0.2) is 46.4 Å². The fraction of sp³-hybridized carbons (Fsp3) is 0.444. The van der Waals surface area contributed by atoms with Crippen molar-refractivity contribution in [3.8, 4) is 23.4 Å². The molecular formula is C18H16F3N5O3. The zero-order valence-electron chi connectivity index (χ0n) is 15.1. The summed E-state index contributed by atoms with van der Waals surface area (Å²) >= 11 is 0. The molecule has 1 aromatic carbocycles. The number of hydrogen-bond donors (Lipinski definition) is 1. The van der Waals surface area contributed by atoms with Crippen molar-refractivity contribution in [3.05, 3.63) is 29.6 Å². The SMILES string of the molecule is N#CN1CCC(NC(=O)c2noc(-c3cc(OC(F)(F)F)ccc3C3CC3)n2)C1. The standard InChI is InChI=1S/C18H16F3N5O3/c19-18(20,21)28-12-3-4-13(10-1-2-10)14(7-12)17-24-15(25-29-17)16(27)23-11-5-6-26(8-11)9-22/h3-4,7,10-11H,1-2,5-6,8H2,(H,23,27). The van der Waals surface area contributed by atoms with Gasteiger partial charge in [-0.25, -0.2) is 0 Å². The van der Waals surface area contributed by atoms with Gasteiger partial charge in [0.25, 0.3) is 17.6 Å². The third-order valence-electron chi connectivity index (χ3n) is 4.80. The molecule has 8 nitrogen and oxygen atoms in total. The molecule has 1 saturated heterocycles. The number of nitrogens with zero attached hydrogens (tertiary/aromatic N) is 4. The van der Waals surface area contributed by atoms with E-state index >= 15 is 0 Å². The van der Waals surface area contributed by atoms with Crippen molar-refractivity contribution in [2.24, 2.45) is 0 Å². The average Bonchev–Trinajstić information content (AvgIpc) is 3.20. The molecule has 152 valence electrons. The summed E-state index contributed by atoms with van der Waals surface area (Å²) < 4.78 is 46.8. The molecule has 2 aromatic rings. The highest BCUT2D eigenvalue weighted by molar-refractivity contribution is 5.91. The summed E-state index contributed by atoms with van der Waals surface area (Å²) in [5.74, 6) is -1.04. The molecule has 29 heavy (non-hydrogen) atoms. The molecule has 4 rings (SSSR count). The Bertz CT molecular complexity index is 964. The van der Waals surface area contributed by atoms with Crippen molar-refractivity contribution in [3.63, 3.8) is 0 Å². The first-order chi connectivity index (χ1) is 13.8. The maximum atomic E-state index is 12.6. The van der Waals surface area contributed by atoms with Gasteiger partial charge in [-0.1, -0.05) is 11.2 Å². The van der Waals surface area contributed by atoms with Crippen LogP contribution in [0.5, 0.6) is 5.75 Å². The molecule has 1 atom stereocenters. The number of hydrogen-bond acceptors (Lipinski definition) is 7. The van der Waals surface area contributed by atoms with Crippen LogP contribution < -0.4 is 10.1 Å². The van der Waals surface area contributed by atoms with Gasteiger partial charge >= 0.3 is 6.36 Å². The van der Waals surface area contributed by atoms with E-state index in [-0.39, 0.29) is 23.7 Å². The number of benzene rings is 1. The van der Waals surface area contributed by atoms with Gasteiger partial charge < -0.3 is 19.5 Å². The molecule has 1 unspecified atom stereocenters. The molecule has 1 aromatic heterocycles. The van der Waals surface area contributed by atoms with Gasteiger partial charge in [-0.2, -0.15) is 10.2 Å². The molecule has 1 saturated carbocycles. The third kappa shape index (κ3) is 4.42. The number of rotatable bonds is 5. The predicted octanol–water partition coefficient (Wildman–Crippen LogP) is 2.80. The number of carbonyl (C=O) groups is 1. The number of likely N-dealkylation sites (tertiary alicyclic amines) is 1. The zero-order chi connectivity index (χ0) is 20.6. The van der Waals surface area contributed by atoms with Gasteiger partial charge in [-0.3, -0.25) is 4.79 Å². The van der Waals surface area contributed by atoms with E-state index in [0.29, 0.717) is 25.1 Å². The number of alkyl halides is 3. The smallest absolute Gasteiger partial charge is 0.406 e. The van der Waals surface area contributed by atoms with E-state index in [4.69, 9.17) is 9.78 Å². The van der Waals surface area contributed by atoms with Crippen molar-refractivity contribution >= 4 is 5.91 Å². The first kappa shape index (κ1) is 19.0. The van der Waals surface area contributed by atoms with E-state index < -0.39 is 18.0 Å². The van der Waals surface area contributed by atoms with E-state index in [2.05, 4.69) is 20.2 Å². The fourth-order valence-electron chi connectivity index (χ4n) is 3.31. The summed E-state index contributed by atoms with van der Waals surface area (Å²) in [7, 11) is 0. The van der Waals surface area contributed by atoms with Crippen LogP contribution in [-0.2, 0) is 0 Å². The Morgan fingerprint density at radius 3 is 2.79 bits per heavy atom. The second-order valence-corrected chi connectivity index (χ2v) is 7.00. The lowest BCUT2D eigenvalue weighted by molar-refractivity contribution is -0.274. The number of aromatic nitrogens is 2. The Morgan fingerprint density at radius 1 is 1.34 bits per heavy atom. The number of nitrogens with one attached hydrogen (secondary N) is 1. The van der Waals surface area contributed by atoms with E-state index in [9.17, 15) is 18.0 Å². The largest absolute Gasteiger partial charge is 0.573 e. The lowest BCUT2D eigenvalue weighted by Crippen LogP contribution is -2.36. The minimum absolute atomic E-state index is 0.0465. The topological polar surface area (TPSA) is 104 Å². The Hall–Kier alpha value is -3.29. The summed E-state index contributed by atoms with van der Waals surface area (Å²) in [6.45, 7) is 0.950. The Labute approximate surface area is 163 Å². The Kier molecular flexibility index (Phi) is 4.77. The zero-order valence-corrected chi connectivity index (χ0v) is 15.1. The summed E-state index contributed by atoms with van der Waals surface area (Å²) in [5.41, 5.74) is 1.09. The van der Waals surface area contributed by atoms with Crippen LogP contribution in [0.2, 0.25) is 0 Å². The molecule has 0 radical (unpaired) electrons. The van der Waals surface area contributed by atoms with Crippen molar-refractivity contribution in [2.75, 3.05) is 13.1 Å². The lowest BCUT2D eigenvalue weighted by Gasteiger charge is -2.11. The van der Waals surface area contributed by atoms with E-state index in [1.54, 1.807) is 6.07 Å². The van der Waals surface area contributed by atoms with E-state index in [1.807, 2.05) is 6.19 Å². The quantitative estimate of drug-likeness (QED) is 0.760. The van der Waals surface area contributed by atoms with Crippen molar-refractivity contribution < 1.29 is 27.2 Å². The van der Waals surface area contributed by atoms with Gasteiger partial charge in [-0.05, 0) is 42.9 Å². The second kappa shape index (κ2) is 7.27. The average molecular weight is 407 g/mol. The van der Waals surface area contributed by atoms with Crippen LogP contribution in [0.1, 0.15) is 41.4 Å². The minimum atomic E-state index is -4.82. The molecular weight excluding hydrogens is 391 g/mol. The lowest BCUT2D eigenvalue weighted by atomic mass is 10.0. The third-order valence-corrected chi connectivity index (χ3v) is 4.80. The van der Waals surface area contributed by atoms with Gasteiger partial charge in [0.1, 0.15) is 5.75 Å². The van der Waals surface area contributed by atoms with Crippen LogP contribution in [0.4, 0.5) is 13.2 Å². The highest BCUT2D eigenvalue weighted by Gasteiger charge is 2.33. The molecule has 11 heteroatoms. The van der Waals surface area contributed by atoms with Gasteiger partial charge in [0.05, 0.1) is 0 Å². The predicted molar refractivity (Wildman–Crippen MR) is 91.4 cm³/mol. The number of carbonyl (C=O) groups excluding carboxylic acids is 1. The summed E-state index contributed by atoms with van der Waals surface area (Å²) in [5, 5.41) is 15.3. The molecule has 1 amide bonds. The Morgan fingerprint density at radius 2 is 2.14 bits per heavy atom. The molecule has 0 bridgehead atoms. The summed E-state index contributed by atoms with van der Waals surface area (Å²) in [6.07, 6.45) is -0.372. The van der Waals surface area contributed by atoms with Crippen molar-refractivity contribution in [1.29, 1.82) is 5.26 Å². The van der Waals surface area contributed by atoms with E-state index in [1.165, 1.54) is 17.0 Å². The monoisotopic (exact) mass is 407 g/mol. The maximum Gasteiger partial charge on any atom is 0.573 e. The fourth-order valence-corrected chi connectivity index (χ4v) is 3.31. The molecule has 0 spiro atoms. The molecule has 2 heterocycles. The van der Waals surface area contributed by atoms with Gasteiger partial charge in [0.15, 0.2) is 6.19 Å². The molecule has 1 aliphatic heterocycles. The second-order valence-electron chi connectivity index (χ2n) is 7.00. The normalized spacial score (nSPS) is 19.1. The van der Waals surface area contributed by atoms with Gasteiger partial charge in [-0.15, -0.1) is 13.2 Å². The number of ether oxygens (including phenoxy) is 1. The summed E-state index contributed by atoms with van der Waals surface area (Å²) in [4.78, 5) is 17.9. The van der Waals surface area contributed by atoms with Crippen LogP contribution in [0.25, 0.3) is 11.5 Å². The highest BCUT2D eigenvalue weighted by atomic mass is 19.4. The van der Waals surface area contributed by atoms with Crippen LogP contribution in [0, 0.1) is 11.5 Å². The molecule has 2 fully saturated rings. The summed E-state index contributed by atoms with van der Waals surface area (Å²) in [6, 6.07) is 3.77. The number of amides is 1.